The normalized spacial score (nSPS) is 10.8. The van der Waals surface area contributed by atoms with E-state index in [9.17, 15) is 4.79 Å². The molecule has 1 amide bonds. The SMILES string of the molecule is Cc1nc2c(C)cc(Br)cn2c1C(=O)Nc1cccnc1. The molecular formula is C15H13BrN4O. The Kier molecular flexibility index (Phi) is 3.47. The zero-order valence-electron chi connectivity index (χ0n) is 11.6. The minimum absolute atomic E-state index is 0.203. The number of hydrogen-bond acceptors (Lipinski definition) is 3. The summed E-state index contributed by atoms with van der Waals surface area (Å²) in [7, 11) is 0. The first-order valence-corrected chi connectivity index (χ1v) is 7.22. The van der Waals surface area contributed by atoms with Gasteiger partial charge in [-0.15, -0.1) is 0 Å². The summed E-state index contributed by atoms with van der Waals surface area (Å²) < 4.78 is 2.71. The lowest BCUT2D eigenvalue weighted by Crippen LogP contribution is -2.15. The lowest BCUT2D eigenvalue weighted by atomic mass is 10.3. The van der Waals surface area contributed by atoms with Crippen molar-refractivity contribution in [2.45, 2.75) is 13.8 Å². The number of pyridine rings is 2. The first-order chi connectivity index (χ1) is 10.1. The van der Waals surface area contributed by atoms with E-state index in [1.54, 1.807) is 28.9 Å². The van der Waals surface area contributed by atoms with E-state index in [1.807, 2.05) is 26.1 Å². The van der Waals surface area contributed by atoms with E-state index in [1.165, 1.54) is 0 Å². The van der Waals surface area contributed by atoms with Crippen molar-refractivity contribution in [1.82, 2.24) is 14.4 Å². The van der Waals surface area contributed by atoms with E-state index in [0.29, 0.717) is 17.1 Å². The number of aryl methyl sites for hydroxylation is 2. The minimum atomic E-state index is -0.203. The zero-order valence-corrected chi connectivity index (χ0v) is 13.2. The quantitative estimate of drug-likeness (QED) is 0.775. The molecule has 0 aliphatic heterocycles. The minimum Gasteiger partial charge on any atom is -0.319 e. The molecule has 0 unspecified atom stereocenters. The summed E-state index contributed by atoms with van der Waals surface area (Å²) in [4.78, 5) is 21.0. The number of carbonyl (C=O) groups is 1. The molecule has 3 aromatic rings. The van der Waals surface area contributed by atoms with Crippen LogP contribution in [-0.2, 0) is 0 Å². The molecule has 0 spiro atoms. The van der Waals surface area contributed by atoms with Gasteiger partial charge in [-0.05, 0) is 53.5 Å². The summed E-state index contributed by atoms with van der Waals surface area (Å²) in [6, 6.07) is 5.55. The average molecular weight is 345 g/mol. The monoisotopic (exact) mass is 344 g/mol. The number of amides is 1. The Bertz CT molecular complexity index is 827. The van der Waals surface area contributed by atoms with Crippen LogP contribution in [0.25, 0.3) is 5.65 Å². The zero-order chi connectivity index (χ0) is 15.0. The number of nitrogens with zero attached hydrogens (tertiary/aromatic N) is 3. The summed E-state index contributed by atoms with van der Waals surface area (Å²) in [6.45, 7) is 3.80. The standard InChI is InChI=1S/C15H13BrN4O/c1-9-6-11(16)8-20-13(10(2)18-14(9)20)15(21)19-12-4-3-5-17-7-12/h3-8H,1-2H3,(H,19,21). The number of rotatable bonds is 2. The van der Waals surface area contributed by atoms with Gasteiger partial charge in [-0.2, -0.15) is 0 Å². The number of fused-ring (bicyclic) bond motifs is 1. The van der Waals surface area contributed by atoms with Crippen LogP contribution in [0.1, 0.15) is 21.7 Å². The Hall–Kier alpha value is -2.21. The van der Waals surface area contributed by atoms with Crippen LogP contribution < -0.4 is 5.32 Å². The number of hydrogen-bond donors (Lipinski definition) is 1. The van der Waals surface area contributed by atoms with Gasteiger partial charge in [0.2, 0.25) is 0 Å². The molecule has 0 aliphatic carbocycles. The highest BCUT2D eigenvalue weighted by atomic mass is 79.9. The average Bonchev–Trinajstić information content (AvgIpc) is 2.76. The van der Waals surface area contributed by atoms with E-state index in [4.69, 9.17) is 0 Å². The molecular weight excluding hydrogens is 332 g/mol. The van der Waals surface area contributed by atoms with E-state index >= 15 is 0 Å². The molecule has 3 rings (SSSR count). The molecule has 5 nitrogen and oxygen atoms in total. The van der Waals surface area contributed by atoms with Gasteiger partial charge in [-0.3, -0.25) is 14.2 Å². The van der Waals surface area contributed by atoms with Gasteiger partial charge in [-0.1, -0.05) is 0 Å². The highest BCUT2D eigenvalue weighted by Gasteiger charge is 2.18. The molecule has 0 fully saturated rings. The molecule has 106 valence electrons. The third-order valence-electron chi connectivity index (χ3n) is 3.18. The van der Waals surface area contributed by atoms with Gasteiger partial charge >= 0.3 is 0 Å². The van der Waals surface area contributed by atoms with Gasteiger partial charge in [-0.25, -0.2) is 4.98 Å². The molecule has 0 saturated carbocycles. The van der Waals surface area contributed by atoms with Crippen LogP contribution in [0.2, 0.25) is 0 Å². The van der Waals surface area contributed by atoms with Gasteiger partial charge in [0.25, 0.3) is 5.91 Å². The highest BCUT2D eigenvalue weighted by Crippen LogP contribution is 2.21. The molecule has 1 N–H and O–H groups in total. The number of aromatic nitrogens is 3. The van der Waals surface area contributed by atoms with Crippen molar-refractivity contribution in [3.8, 4) is 0 Å². The van der Waals surface area contributed by atoms with Gasteiger partial charge in [0.15, 0.2) is 0 Å². The predicted octanol–water partition coefficient (Wildman–Crippen LogP) is 3.36. The summed E-state index contributed by atoms with van der Waals surface area (Å²) in [5.74, 6) is -0.203. The van der Waals surface area contributed by atoms with Crippen molar-refractivity contribution in [3.63, 3.8) is 0 Å². The molecule has 3 heterocycles. The second kappa shape index (κ2) is 5.29. The van der Waals surface area contributed by atoms with Crippen LogP contribution >= 0.6 is 15.9 Å². The molecule has 0 aromatic carbocycles. The summed E-state index contributed by atoms with van der Waals surface area (Å²) in [5, 5.41) is 2.84. The first kappa shape index (κ1) is 13.8. The van der Waals surface area contributed by atoms with E-state index in [-0.39, 0.29) is 5.91 Å². The topological polar surface area (TPSA) is 59.3 Å². The summed E-state index contributed by atoms with van der Waals surface area (Å²) in [5.41, 5.74) is 3.67. The fourth-order valence-corrected chi connectivity index (χ4v) is 2.83. The fraction of sp³-hybridized carbons (Fsp3) is 0.133. The molecule has 3 aromatic heterocycles. The molecule has 0 bridgehead atoms. The van der Waals surface area contributed by atoms with Crippen LogP contribution in [0.4, 0.5) is 5.69 Å². The van der Waals surface area contributed by atoms with Crippen LogP contribution in [-0.4, -0.2) is 20.3 Å². The van der Waals surface area contributed by atoms with Crippen LogP contribution in [0.3, 0.4) is 0 Å². The van der Waals surface area contributed by atoms with Crippen LogP contribution in [0.5, 0.6) is 0 Å². The largest absolute Gasteiger partial charge is 0.319 e. The van der Waals surface area contributed by atoms with Crippen LogP contribution in [0.15, 0.2) is 41.3 Å². The lowest BCUT2D eigenvalue weighted by Gasteiger charge is -2.06. The van der Waals surface area contributed by atoms with E-state index < -0.39 is 0 Å². The smallest absolute Gasteiger partial charge is 0.274 e. The number of carbonyl (C=O) groups excluding carboxylic acids is 1. The number of imidazole rings is 1. The summed E-state index contributed by atoms with van der Waals surface area (Å²) in [6.07, 6.45) is 5.12. The van der Waals surface area contributed by atoms with Crippen molar-refractivity contribution in [3.05, 3.63) is 58.2 Å². The third kappa shape index (κ3) is 2.54. The Balaban J connectivity index is 2.08. The maximum atomic E-state index is 12.5. The van der Waals surface area contributed by atoms with Crippen molar-refractivity contribution >= 4 is 33.2 Å². The Morgan fingerprint density at radius 1 is 1.38 bits per heavy atom. The Labute approximate surface area is 130 Å². The van der Waals surface area contributed by atoms with Crippen molar-refractivity contribution in [2.75, 3.05) is 5.32 Å². The fourth-order valence-electron chi connectivity index (χ4n) is 2.28. The highest BCUT2D eigenvalue weighted by molar-refractivity contribution is 9.10. The maximum Gasteiger partial charge on any atom is 0.274 e. The number of nitrogens with one attached hydrogen (secondary N) is 1. The first-order valence-electron chi connectivity index (χ1n) is 6.42. The molecule has 21 heavy (non-hydrogen) atoms. The maximum absolute atomic E-state index is 12.5. The predicted molar refractivity (Wildman–Crippen MR) is 84.6 cm³/mol. The number of halogens is 1. The molecule has 0 aliphatic rings. The van der Waals surface area contributed by atoms with Gasteiger partial charge in [0.05, 0.1) is 17.6 Å². The molecule has 0 radical (unpaired) electrons. The van der Waals surface area contributed by atoms with Gasteiger partial charge < -0.3 is 5.32 Å². The lowest BCUT2D eigenvalue weighted by molar-refractivity contribution is 0.102. The molecule has 0 atom stereocenters. The second-order valence-electron chi connectivity index (χ2n) is 4.78. The van der Waals surface area contributed by atoms with Crippen molar-refractivity contribution in [2.24, 2.45) is 0 Å². The van der Waals surface area contributed by atoms with E-state index in [0.717, 1.165) is 15.7 Å². The third-order valence-corrected chi connectivity index (χ3v) is 3.61. The molecule has 6 heteroatoms. The van der Waals surface area contributed by atoms with Gasteiger partial charge in [0.1, 0.15) is 11.3 Å². The van der Waals surface area contributed by atoms with Crippen LogP contribution in [0, 0.1) is 13.8 Å². The Morgan fingerprint density at radius 2 is 2.19 bits per heavy atom. The second-order valence-corrected chi connectivity index (χ2v) is 5.69. The summed E-state index contributed by atoms with van der Waals surface area (Å²) >= 11 is 3.45. The van der Waals surface area contributed by atoms with Crippen molar-refractivity contribution in [1.29, 1.82) is 0 Å². The molecule has 0 saturated heterocycles. The van der Waals surface area contributed by atoms with Crippen molar-refractivity contribution < 1.29 is 4.79 Å². The van der Waals surface area contributed by atoms with E-state index in [2.05, 4.69) is 31.2 Å². The van der Waals surface area contributed by atoms with Gasteiger partial charge in [0, 0.05) is 16.9 Å². The number of anilines is 1. The Morgan fingerprint density at radius 3 is 2.90 bits per heavy atom.